The van der Waals surface area contributed by atoms with Gasteiger partial charge in [0.05, 0.1) is 11.7 Å². The molecular formula is C18H20F3N3O2. The number of hydrogen-bond acceptors (Lipinski definition) is 3. The van der Waals surface area contributed by atoms with E-state index in [0.29, 0.717) is 19.8 Å². The number of nitrogens with zero attached hydrogens (tertiary/aromatic N) is 3. The van der Waals surface area contributed by atoms with Crippen LogP contribution in [0.25, 0.3) is 11.3 Å². The van der Waals surface area contributed by atoms with Gasteiger partial charge < -0.3 is 10.0 Å². The highest BCUT2D eigenvalue weighted by molar-refractivity contribution is 5.85. The Morgan fingerprint density at radius 3 is 2.35 bits per heavy atom. The first-order valence-electron chi connectivity index (χ1n) is 8.39. The third kappa shape index (κ3) is 3.33. The van der Waals surface area contributed by atoms with Crippen molar-refractivity contribution in [3.8, 4) is 11.3 Å². The van der Waals surface area contributed by atoms with Gasteiger partial charge in [0.15, 0.2) is 0 Å². The number of rotatable bonds is 3. The monoisotopic (exact) mass is 367 g/mol. The molecule has 8 heteroatoms. The molecule has 1 aromatic carbocycles. The van der Waals surface area contributed by atoms with E-state index in [-0.39, 0.29) is 19.1 Å². The summed E-state index contributed by atoms with van der Waals surface area (Å²) in [4.78, 5) is 13.2. The maximum atomic E-state index is 12.9. The van der Waals surface area contributed by atoms with E-state index in [2.05, 4.69) is 5.10 Å². The van der Waals surface area contributed by atoms with Crippen LogP contribution in [-0.4, -0.2) is 50.6 Å². The van der Waals surface area contributed by atoms with Gasteiger partial charge >= 0.3 is 6.18 Å². The normalized spacial score (nSPS) is 18.6. The second kappa shape index (κ2) is 6.75. The van der Waals surface area contributed by atoms with Crippen LogP contribution in [0.5, 0.6) is 0 Å². The van der Waals surface area contributed by atoms with Crippen LogP contribution < -0.4 is 0 Å². The van der Waals surface area contributed by atoms with Gasteiger partial charge in [0.25, 0.3) is 5.91 Å². The first-order valence-corrected chi connectivity index (χ1v) is 8.39. The maximum absolute atomic E-state index is 12.9. The molecule has 1 N–H and O–H groups in total. The minimum Gasteiger partial charge on any atom is -0.373 e. The number of carbonyl (C=O) groups excluding carboxylic acids is 1. The first-order chi connectivity index (χ1) is 12.2. The first kappa shape index (κ1) is 18.4. The molecule has 3 rings (SSSR count). The summed E-state index contributed by atoms with van der Waals surface area (Å²) in [6, 6.07) is 11.6. The van der Waals surface area contributed by atoms with Gasteiger partial charge in [0.2, 0.25) is 5.60 Å². The van der Waals surface area contributed by atoms with Gasteiger partial charge in [0, 0.05) is 19.3 Å². The van der Waals surface area contributed by atoms with Crippen molar-refractivity contribution in [1.29, 1.82) is 0 Å². The lowest BCUT2D eigenvalue weighted by Gasteiger charge is -2.37. The van der Waals surface area contributed by atoms with Gasteiger partial charge in [0.1, 0.15) is 0 Å². The van der Waals surface area contributed by atoms with E-state index >= 15 is 0 Å². The van der Waals surface area contributed by atoms with Gasteiger partial charge in [-0.3, -0.25) is 9.48 Å². The molecule has 1 aromatic heterocycles. The molecule has 0 saturated carbocycles. The molecule has 1 saturated heterocycles. The molecule has 0 spiro atoms. The van der Waals surface area contributed by atoms with E-state index in [0.717, 1.165) is 16.2 Å². The number of hydrogen-bond donors (Lipinski definition) is 1. The van der Waals surface area contributed by atoms with Gasteiger partial charge in [-0.05, 0) is 31.4 Å². The summed E-state index contributed by atoms with van der Waals surface area (Å²) in [5.41, 5.74) is -1.43. The Morgan fingerprint density at radius 2 is 1.77 bits per heavy atom. The summed E-state index contributed by atoms with van der Waals surface area (Å²) < 4.78 is 40.5. The van der Waals surface area contributed by atoms with Gasteiger partial charge in [-0.2, -0.15) is 18.3 Å². The predicted molar refractivity (Wildman–Crippen MR) is 89.2 cm³/mol. The van der Waals surface area contributed by atoms with Crippen molar-refractivity contribution >= 4 is 5.91 Å². The topological polar surface area (TPSA) is 58.4 Å². The molecular weight excluding hydrogens is 347 g/mol. The van der Waals surface area contributed by atoms with E-state index in [9.17, 15) is 23.1 Å². The highest BCUT2D eigenvalue weighted by Gasteiger charge is 2.57. The molecule has 1 fully saturated rings. The summed E-state index contributed by atoms with van der Waals surface area (Å²) in [7, 11) is 0. The number of likely N-dealkylation sites (tertiary alicyclic amines) is 1. The smallest absolute Gasteiger partial charge is 0.373 e. The third-order valence-electron chi connectivity index (χ3n) is 4.81. The number of piperidine rings is 1. The molecule has 2 aromatic rings. The molecule has 0 aliphatic carbocycles. The van der Waals surface area contributed by atoms with Crippen molar-refractivity contribution in [2.75, 3.05) is 13.1 Å². The minimum absolute atomic E-state index is 0.0138. The molecule has 0 radical (unpaired) electrons. The fraction of sp³-hybridized carbons (Fsp3) is 0.444. The maximum Gasteiger partial charge on any atom is 0.426 e. The molecule has 0 unspecified atom stereocenters. The Balaban J connectivity index is 1.71. The van der Waals surface area contributed by atoms with Gasteiger partial charge in [-0.15, -0.1) is 0 Å². The van der Waals surface area contributed by atoms with Crippen molar-refractivity contribution in [3.05, 3.63) is 42.6 Å². The van der Waals surface area contributed by atoms with Crippen LogP contribution in [0.2, 0.25) is 0 Å². The standard InChI is InChI=1S/C18H20F3N3O2/c1-17(26,18(19,20)21)16(25)23-11-8-14(9-12-23)24-15(7-10-22-24)13-5-3-2-4-6-13/h2-7,10,14,26H,8-9,11-12H2,1H3/t17-/m0/s1. The van der Waals surface area contributed by atoms with Crippen LogP contribution in [0.3, 0.4) is 0 Å². The van der Waals surface area contributed by atoms with Crippen LogP contribution in [0.1, 0.15) is 25.8 Å². The second-order valence-electron chi connectivity index (χ2n) is 6.62. The molecule has 1 atom stereocenters. The Labute approximate surface area is 149 Å². The molecule has 0 bridgehead atoms. The Morgan fingerprint density at radius 1 is 1.15 bits per heavy atom. The quantitative estimate of drug-likeness (QED) is 0.907. The zero-order valence-electron chi connectivity index (χ0n) is 14.3. The Hall–Kier alpha value is -2.35. The SMILES string of the molecule is C[C@](O)(C(=O)N1CCC(n2nccc2-c2ccccc2)CC1)C(F)(F)F. The van der Waals surface area contributed by atoms with Gasteiger partial charge in [-0.25, -0.2) is 0 Å². The average Bonchev–Trinajstić information content (AvgIpc) is 3.10. The predicted octanol–water partition coefficient (Wildman–Crippen LogP) is 3.03. The summed E-state index contributed by atoms with van der Waals surface area (Å²) in [6.07, 6.45) is -2.36. The summed E-state index contributed by atoms with van der Waals surface area (Å²) >= 11 is 0. The lowest BCUT2D eigenvalue weighted by atomic mass is 9.99. The number of halogens is 3. The molecule has 26 heavy (non-hydrogen) atoms. The molecule has 1 aliphatic rings. The number of carbonyl (C=O) groups is 1. The summed E-state index contributed by atoms with van der Waals surface area (Å²) in [5, 5.41) is 13.9. The Kier molecular flexibility index (Phi) is 4.79. The molecule has 1 aliphatic heterocycles. The van der Waals surface area contributed by atoms with Crippen molar-refractivity contribution in [1.82, 2.24) is 14.7 Å². The number of aromatic nitrogens is 2. The zero-order chi connectivity index (χ0) is 18.9. The van der Waals surface area contributed by atoms with Crippen molar-refractivity contribution in [2.24, 2.45) is 0 Å². The van der Waals surface area contributed by atoms with Gasteiger partial charge in [-0.1, -0.05) is 30.3 Å². The van der Waals surface area contributed by atoms with E-state index in [1.807, 2.05) is 41.1 Å². The van der Waals surface area contributed by atoms with E-state index in [4.69, 9.17) is 0 Å². The summed E-state index contributed by atoms with van der Waals surface area (Å²) in [5.74, 6) is -1.30. The lowest BCUT2D eigenvalue weighted by Crippen LogP contribution is -2.57. The van der Waals surface area contributed by atoms with Crippen molar-refractivity contribution < 1.29 is 23.1 Å². The molecule has 140 valence electrons. The number of aliphatic hydroxyl groups is 1. The average molecular weight is 367 g/mol. The van der Waals surface area contributed by atoms with E-state index in [1.165, 1.54) is 0 Å². The molecule has 5 nitrogen and oxygen atoms in total. The fourth-order valence-electron chi connectivity index (χ4n) is 3.19. The van der Waals surface area contributed by atoms with Crippen LogP contribution in [0, 0.1) is 0 Å². The van der Waals surface area contributed by atoms with Crippen LogP contribution in [0.4, 0.5) is 13.2 Å². The van der Waals surface area contributed by atoms with Crippen LogP contribution in [-0.2, 0) is 4.79 Å². The van der Waals surface area contributed by atoms with Crippen LogP contribution >= 0.6 is 0 Å². The molecule has 1 amide bonds. The highest BCUT2D eigenvalue weighted by Crippen LogP contribution is 2.34. The number of benzene rings is 1. The number of alkyl halides is 3. The van der Waals surface area contributed by atoms with Crippen molar-refractivity contribution in [2.45, 2.75) is 37.6 Å². The largest absolute Gasteiger partial charge is 0.426 e. The second-order valence-corrected chi connectivity index (χ2v) is 6.62. The van der Waals surface area contributed by atoms with Crippen LogP contribution in [0.15, 0.2) is 42.6 Å². The lowest BCUT2D eigenvalue weighted by molar-refractivity contribution is -0.250. The zero-order valence-corrected chi connectivity index (χ0v) is 14.3. The summed E-state index contributed by atoms with van der Waals surface area (Å²) in [6.45, 7) is 0.788. The Bertz CT molecular complexity index is 763. The number of amides is 1. The fourth-order valence-corrected chi connectivity index (χ4v) is 3.19. The third-order valence-corrected chi connectivity index (χ3v) is 4.81. The van der Waals surface area contributed by atoms with E-state index in [1.54, 1.807) is 6.20 Å². The molecule has 2 heterocycles. The van der Waals surface area contributed by atoms with Crippen molar-refractivity contribution in [3.63, 3.8) is 0 Å². The minimum atomic E-state index is -5.00. The highest BCUT2D eigenvalue weighted by atomic mass is 19.4. The van der Waals surface area contributed by atoms with E-state index < -0.39 is 17.7 Å².